The summed E-state index contributed by atoms with van der Waals surface area (Å²) >= 11 is 6.02. The molecule has 0 saturated carbocycles. The first-order valence-electron chi connectivity index (χ1n) is 9.45. The average molecular weight is 458 g/mol. The standard InChI is InChI=1S/C21H23ClF3N3O3/c1-11(2)19(29)28-18-9-15(7-12(3)26-18)20(30)27-13(4)14-5-6-17(16(22)8-14)31-10-21(23,24)25/h5-9,11,13H,10H2,1-4H3,(H,27,30)(H,26,28,29). The molecule has 0 fully saturated rings. The Morgan fingerprint density at radius 2 is 1.84 bits per heavy atom. The van der Waals surface area contributed by atoms with E-state index >= 15 is 0 Å². The van der Waals surface area contributed by atoms with E-state index < -0.39 is 24.7 Å². The van der Waals surface area contributed by atoms with Crippen molar-refractivity contribution in [2.24, 2.45) is 5.92 Å². The number of aryl methyl sites for hydroxylation is 1. The third-order valence-electron chi connectivity index (χ3n) is 4.19. The normalized spacial score (nSPS) is 12.4. The van der Waals surface area contributed by atoms with Crippen molar-refractivity contribution < 1.29 is 27.5 Å². The van der Waals surface area contributed by atoms with E-state index in [1.54, 1.807) is 33.8 Å². The molecular weight excluding hydrogens is 435 g/mol. The van der Waals surface area contributed by atoms with Crippen LogP contribution in [-0.4, -0.2) is 29.6 Å². The van der Waals surface area contributed by atoms with Crippen molar-refractivity contribution in [1.82, 2.24) is 10.3 Å². The molecule has 2 N–H and O–H groups in total. The summed E-state index contributed by atoms with van der Waals surface area (Å²) in [5.41, 5.74) is 1.43. The lowest BCUT2D eigenvalue weighted by atomic mass is 10.1. The van der Waals surface area contributed by atoms with E-state index in [1.807, 2.05) is 0 Å². The molecule has 1 unspecified atom stereocenters. The Labute approximate surface area is 183 Å². The molecule has 1 heterocycles. The Morgan fingerprint density at radius 3 is 2.42 bits per heavy atom. The zero-order valence-corrected chi connectivity index (χ0v) is 18.2. The molecule has 1 aromatic carbocycles. The van der Waals surface area contributed by atoms with E-state index in [0.29, 0.717) is 16.8 Å². The summed E-state index contributed by atoms with van der Waals surface area (Å²) in [7, 11) is 0. The number of hydrogen-bond donors (Lipinski definition) is 2. The minimum atomic E-state index is -4.47. The number of aromatic nitrogens is 1. The molecule has 0 aliphatic carbocycles. The minimum Gasteiger partial charge on any atom is -0.483 e. The highest BCUT2D eigenvalue weighted by Gasteiger charge is 2.29. The number of carbonyl (C=O) groups is 2. The van der Waals surface area contributed by atoms with Gasteiger partial charge in [0.1, 0.15) is 11.6 Å². The number of carbonyl (C=O) groups excluding carboxylic acids is 2. The van der Waals surface area contributed by atoms with Gasteiger partial charge in [0, 0.05) is 17.2 Å². The number of alkyl halides is 3. The number of nitrogens with zero attached hydrogens (tertiary/aromatic N) is 1. The van der Waals surface area contributed by atoms with Crippen LogP contribution < -0.4 is 15.4 Å². The second-order valence-electron chi connectivity index (χ2n) is 7.32. The van der Waals surface area contributed by atoms with Crippen LogP contribution in [0.25, 0.3) is 0 Å². The van der Waals surface area contributed by atoms with Crippen molar-refractivity contribution in [2.45, 2.75) is 39.9 Å². The number of halogens is 4. The summed E-state index contributed by atoms with van der Waals surface area (Å²) in [5.74, 6) is -0.707. The Kier molecular flexibility index (Phi) is 7.89. The number of ether oxygens (including phenoxy) is 1. The summed E-state index contributed by atoms with van der Waals surface area (Å²) in [5, 5.41) is 5.45. The van der Waals surface area contributed by atoms with Crippen LogP contribution in [0.15, 0.2) is 30.3 Å². The number of anilines is 1. The third-order valence-corrected chi connectivity index (χ3v) is 4.48. The molecule has 0 aliphatic rings. The van der Waals surface area contributed by atoms with E-state index in [-0.39, 0.29) is 28.4 Å². The van der Waals surface area contributed by atoms with E-state index in [4.69, 9.17) is 11.6 Å². The van der Waals surface area contributed by atoms with Crippen molar-refractivity contribution in [3.8, 4) is 5.75 Å². The summed E-state index contributed by atoms with van der Waals surface area (Å²) in [6, 6.07) is 6.83. The molecular formula is C21H23ClF3N3O3. The van der Waals surface area contributed by atoms with Crippen LogP contribution in [0.4, 0.5) is 19.0 Å². The Hall–Kier alpha value is -2.81. The second-order valence-corrected chi connectivity index (χ2v) is 7.72. The Balaban J connectivity index is 2.11. The van der Waals surface area contributed by atoms with Crippen molar-refractivity contribution in [3.63, 3.8) is 0 Å². The molecule has 0 bridgehead atoms. The summed E-state index contributed by atoms with van der Waals surface area (Å²) in [4.78, 5) is 28.8. The van der Waals surface area contributed by atoms with Gasteiger partial charge in [-0.3, -0.25) is 9.59 Å². The summed E-state index contributed by atoms with van der Waals surface area (Å²) in [6.07, 6.45) is -4.47. The van der Waals surface area contributed by atoms with Crippen molar-refractivity contribution >= 4 is 29.2 Å². The molecule has 168 valence electrons. The molecule has 0 radical (unpaired) electrons. The third kappa shape index (κ3) is 7.43. The molecule has 0 aliphatic heterocycles. The molecule has 10 heteroatoms. The first-order valence-corrected chi connectivity index (χ1v) is 9.83. The number of pyridine rings is 1. The molecule has 2 rings (SSSR count). The van der Waals surface area contributed by atoms with Gasteiger partial charge in [0.2, 0.25) is 5.91 Å². The van der Waals surface area contributed by atoms with E-state index in [0.717, 1.165) is 0 Å². The Morgan fingerprint density at radius 1 is 1.16 bits per heavy atom. The molecule has 1 atom stereocenters. The lowest BCUT2D eigenvalue weighted by Crippen LogP contribution is -2.27. The molecule has 1 aromatic heterocycles. The topological polar surface area (TPSA) is 80.3 Å². The predicted molar refractivity (Wildman–Crippen MR) is 111 cm³/mol. The Bertz CT molecular complexity index is 965. The van der Waals surface area contributed by atoms with Gasteiger partial charge in [-0.05, 0) is 43.7 Å². The largest absolute Gasteiger partial charge is 0.483 e. The summed E-state index contributed by atoms with van der Waals surface area (Å²) < 4.78 is 41.6. The molecule has 2 aromatic rings. The average Bonchev–Trinajstić information content (AvgIpc) is 2.65. The zero-order chi connectivity index (χ0) is 23.3. The van der Waals surface area contributed by atoms with Crippen molar-refractivity contribution in [3.05, 3.63) is 52.2 Å². The van der Waals surface area contributed by atoms with Gasteiger partial charge in [-0.15, -0.1) is 0 Å². The molecule has 0 spiro atoms. The summed E-state index contributed by atoms with van der Waals surface area (Å²) in [6.45, 7) is 5.44. The van der Waals surface area contributed by atoms with Crippen LogP contribution in [0.2, 0.25) is 5.02 Å². The SMILES string of the molecule is Cc1cc(C(=O)NC(C)c2ccc(OCC(F)(F)F)c(Cl)c2)cc(NC(=O)C(C)C)n1. The van der Waals surface area contributed by atoms with Crippen molar-refractivity contribution in [1.29, 1.82) is 0 Å². The number of benzene rings is 1. The number of nitrogens with one attached hydrogen (secondary N) is 2. The maximum atomic E-state index is 12.7. The van der Waals surface area contributed by atoms with E-state index in [9.17, 15) is 22.8 Å². The predicted octanol–water partition coefficient (Wildman–Crippen LogP) is 5.07. The maximum Gasteiger partial charge on any atom is 0.422 e. The molecule has 0 saturated heterocycles. The van der Waals surface area contributed by atoms with Crippen LogP contribution in [0.1, 0.15) is 48.4 Å². The lowest BCUT2D eigenvalue weighted by molar-refractivity contribution is -0.153. The highest BCUT2D eigenvalue weighted by atomic mass is 35.5. The fourth-order valence-corrected chi connectivity index (χ4v) is 2.80. The highest BCUT2D eigenvalue weighted by molar-refractivity contribution is 6.32. The van der Waals surface area contributed by atoms with Crippen LogP contribution in [0.3, 0.4) is 0 Å². The fourth-order valence-electron chi connectivity index (χ4n) is 2.56. The van der Waals surface area contributed by atoms with Crippen LogP contribution in [-0.2, 0) is 4.79 Å². The van der Waals surface area contributed by atoms with Crippen molar-refractivity contribution in [2.75, 3.05) is 11.9 Å². The minimum absolute atomic E-state index is 0.00119. The number of hydrogen-bond acceptors (Lipinski definition) is 4. The fraction of sp³-hybridized carbons (Fsp3) is 0.381. The van der Waals surface area contributed by atoms with Gasteiger partial charge in [-0.1, -0.05) is 31.5 Å². The van der Waals surface area contributed by atoms with E-state index in [1.165, 1.54) is 24.3 Å². The smallest absolute Gasteiger partial charge is 0.422 e. The molecule has 2 amide bonds. The molecule has 31 heavy (non-hydrogen) atoms. The highest BCUT2D eigenvalue weighted by Crippen LogP contribution is 2.29. The van der Waals surface area contributed by atoms with Crippen LogP contribution >= 0.6 is 11.6 Å². The second kappa shape index (κ2) is 10.00. The maximum absolute atomic E-state index is 12.7. The van der Waals surface area contributed by atoms with Gasteiger partial charge in [0.05, 0.1) is 11.1 Å². The van der Waals surface area contributed by atoms with Gasteiger partial charge in [-0.2, -0.15) is 13.2 Å². The van der Waals surface area contributed by atoms with Gasteiger partial charge in [0.25, 0.3) is 5.91 Å². The van der Waals surface area contributed by atoms with Gasteiger partial charge in [-0.25, -0.2) is 4.98 Å². The van der Waals surface area contributed by atoms with Gasteiger partial charge >= 0.3 is 6.18 Å². The monoisotopic (exact) mass is 457 g/mol. The number of rotatable bonds is 7. The first kappa shape index (κ1) is 24.5. The quantitative estimate of drug-likeness (QED) is 0.608. The van der Waals surface area contributed by atoms with E-state index in [2.05, 4.69) is 20.4 Å². The van der Waals surface area contributed by atoms with Crippen LogP contribution in [0.5, 0.6) is 5.75 Å². The van der Waals surface area contributed by atoms with Gasteiger partial charge < -0.3 is 15.4 Å². The lowest BCUT2D eigenvalue weighted by Gasteiger charge is -2.17. The zero-order valence-electron chi connectivity index (χ0n) is 17.4. The number of amides is 2. The van der Waals surface area contributed by atoms with Gasteiger partial charge in [0.15, 0.2) is 6.61 Å². The van der Waals surface area contributed by atoms with Crippen LogP contribution in [0, 0.1) is 12.8 Å². The molecule has 6 nitrogen and oxygen atoms in total. The first-order chi connectivity index (χ1) is 14.4.